The SMILES string of the molecule is N#Cc1cccc(CN2CCC3(CC2)C[C@H](Nc2ccccn2)CO3)c1. The largest absolute Gasteiger partial charge is 0.373 e. The van der Waals surface area contributed by atoms with Crippen LogP contribution in [0.4, 0.5) is 5.82 Å². The van der Waals surface area contributed by atoms with Gasteiger partial charge in [-0.2, -0.15) is 5.26 Å². The Labute approximate surface area is 154 Å². The Kier molecular flexibility index (Phi) is 4.87. The first kappa shape index (κ1) is 17.0. The van der Waals surface area contributed by atoms with Crippen LogP contribution >= 0.6 is 0 Å². The summed E-state index contributed by atoms with van der Waals surface area (Å²) in [5.41, 5.74) is 1.96. The maximum atomic E-state index is 9.05. The number of pyridine rings is 1. The Morgan fingerprint density at radius 1 is 1.23 bits per heavy atom. The number of anilines is 1. The number of aromatic nitrogens is 1. The van der Waals surface area contributed by atoms with E-state index in [4.69, 9.17) is 10.00 Å². The number of likely N-dealkylation sites (tertiary alicyclic amines) is 1. The Balaban J connectivity index is 1.30. The summed E-state index contributed by atoms with van der Waals surface area (Å²) >= 11 is 0. The van der Waals surface area contributed by atoms with Gasteiger partial charge < -0.3 is 10.1 Å². The van der Waals surface area contributed by atoms with E-state index in [0.29, 0.717) is 6.04 Å². The highest BCUT2D eigenvalue weighted by molar-refractivity contribution is 5.35. The van der Waals surface area contributed by atoms with Gasteiger partial charge in [0, 0.05) is 25.8 Å². The normalized spacial score (nSPS) is 22.2. The monoisotopic (exact) mass is 348 g/mol. The van der Waals surface area contributed by atoms with Gasteiger partial charge in [-0.1, -0.05) is 18.2 Å². The van der Waals surface area contributed by atoms with E-state index in [1.807, 2.05) is 42.6 Å². The second-order valence-electron chi connectivity index (χ2n) is 7.34. The third-order valence-electron chi connectivity index (χ3n) is 5.46. The molecule has 0 unspecified atom stereocenters. The zero-order chi connectivity index (χ0) is 17.8. The summed E-state index contributed by atoms with van der Waals surface area (Å²) in [6, 6.07) is 16.4. The van der Waals surface area contributed by atoms with Crippen LogP contribution in [0.3, 0.4) is 0 Å². The quantitative estimate of drug-likeness (QED) is 0.919. The lowest BCUT2D eigenvalue weighted by atomic mass is 9.87. The van der Waals surface area contributed by atoms with Gasteiger partial charge in [0.15, 0.2) is 0 Å². The molecule has 5 nitrogen and oxygen atoms in total. The Bertz CT molecular complexity index is 778. The Morgan fingerprint density at radius 3 is 2.88 bits per heavy atom. The van der Waals surface area contributed by atoms with Crippen molar-refractivity contribution in [2.24, 2.45) is 0 Å². The van der Waals surface area contributed by atoms with Crippen LogP contribution in [-0.4, -0.2) is 41.2 Å². The number of nitrogens with one attached hydrogen (secondary N) is 1. The maximum absolute atomic E-state index is 9.05. The van der Waals surface area contributed by atoms with E-state index in [0.717, 1.165) is 56.9 Å². The van der Waals surface area contributed by atoms with E-state index in [1.54, 1.807) is 0 Å². The van der Waals surface area contributed by atoms with Crippen molar-refractivity contribution in [2.75, 3.05) is 25.0 Å². The number of hydrogen-bond donors (Lipinski definition) is 1. The molecule has 26 heavy (non-hydrogen) atoms. The number of hydrogen-bond acceptors (Lipinski definition) is 5. The molecule has 1 atom stereocenters. The fourth-order valence-corrected chi connectivity index (χ4v) is 4.06. The van der Waals surface area contributed by atoms with Gasteiger partial charge in [-0.05, 0) is 49.1 Å². The first-order valence-corrected chi connectivity index (χ1v) is 9.28. The smallest absolute Gasteiger partial charge is 0.126 e. The van der Waals surface area contributed by atoms with E-state index < -0.39 is 0 Å². The van der Waals surface area contributed by atoms with Crippen LogP contribution < -0.4 is 5.32 Å². The standard InChI is InChI=1S/C21H24N4O/c22-14-17-4-3-5-18(12-17)15-25-10-7-21(8-11-25)13-19(16-26-21)24-20-6-1-2-9-23-20/h1-6,9,12,19H,7-8,10-11,13,15-16H2,(H,23,24)/t19-/m0/s1. The van der Waals surface area contributed by atoms with Crippen LogP contribution in [-0.2, 0) is 11.3 Å². The molecule has 2 fully saturated rings. The molecule has 1 N–H and O–H groups in total. The van der Waals surface area contributed by atoms with Crippen LogP contribution in [0.25, 0.3) is 0 Å². The molecule has 2 saturated heterocycles. The van der Waals surface area contributed by atoms with Gasteiger partial charge in [0.05, 0.1) is 29.9 Å². The van der Waals surface area contributed by atoms with Crippen molar-refractivity contribution >= 4 is 5.82 Å². The molecule has 4 rings (SSSR count). The molecule has 0 aliphatic carbocycles. The lowest BCUT2D eigenvalue weighted by molar-refractivity contribution is -0.0448. The van der Waals surface area contributed by atoms with E-state index in [2.05, 4.69) is 27.3 Å². The predicted octanol–water partition coefficient (Wildman–Crippen LogP) is 3.19. The highest BCUT2D eigenvalue weighted by atomic mass is 16.5. The summed E-state index contributed by atoms with van der Waals surface area (Å²) < 4.78 is 6.24. The van der Waals surface area contributed by atoms with Crippen LogP contribution in [0.2, 0.25) is 0 Å². The van der Waals surface area contributed by atoms with Crippen molar-refractivity contribution in [3.63, 3.8) is 0 Å². The van der Waals surface area contributed by atoms with E-state index in [-0.39, 0.29) is 5.60 Å². The zero-order valence-corrected chi connectivity index (χ0v) is 14.9. The molecular formula is C21H24N4O. The summed E-state index contributed by atoms with van der Waals surface area (Å²) in [6.07, 6.45) is 4.98. The summed E-state index contributed by atoms with van der Waals surface area (Å²) in [5.74, 6) is 0.924. The van der Waals surface area contributed by atoms with Crippen molar-refractivity contribution in [1.29, 1.82) is 5.26 Å². The number of rotatable bonds is 4. The zero-order valence-electron chi connectivity index (χ0n) is 14.9. The van der Waals surface area contributed by atoms with Crippen molar-refractivity contribution in [1.82, 2.24) is 9.88 Å². The predicted molar refractivity (Wildman–Crippen MR) is 101 cm³/mol. The highest BCUT2D eigenvalue weighted by Crippen LogP contribution is 2.37. The van der Waals surface area contributed by atoms with Gasteiger partial charge in [0.1, 0.15) is 5.82 Å². The lowest BCUT2D eigenvalue weighted by Gasteiger charge is -2.38. The molecule has 0 saturated carbocycles. The summed E-state index contributed by atoms with van der Waals surface area (Å²) in [6.45, 7) is 3.72. The molecule has 3 heterocycles. The van der Waals surface area contributed by atoms with Crippen molar-refractivity contribution in [2.45, 2.75) is 37.5 Å². The van der Waals surface area contributed by atoms with Gasteiger partial charge in [-0.3, -0.25) is 4.90 Å². The third kappa shape index (κ3) is 3.87. The fraction of sp³-hybridized carbons (Fsp3) is 0.429. The van der Waals surface area contributed by atoms with Crippen molar-refractivity contribution in [3.8, 4) is 6.07 Å². The molecule has 1 aromatic heterocycles. The van der Waals surface area contributed by atoms with Crippen LogP contribution in [0, 0.1) is 11.3 Å². The van der Waals surface area contributed by atoms with E-state index in [9.17, 15) is 0 Å². The maximum Gasteiger partial charge on any atom is 0.126 e. The second kappa shape index (κ2) is 7.45. The summed E-state index contributed by atoms with van der Waals surface area (Å²) in [5, 5.41) is 12.5. The summed E-state index contributed by atoms with van der Waals surface area (Å²) in [7, 11) is 0. The third-order valence-corrected chi connectivity index (χ3v) is 5.46. The van der Waals surface area contributed by atoms with E-state index in [1.165, 1.54) is 5.56 Å². The van der Waals surface area contributed by atoms with Crippen molar-refractivity contribution in [3.05, 3.63) is 59.8 Å². The minimum absolute atomic E-state index is 0.0114. The van der Waals surface area contributed by atoms with Crippen LogP contribution in [0.5, 0.6) is 0 Å². The number of piperidine rings is 1. The molecule has 1 aromatic carbocycles. The van der Waals surface area contributed by atoms with Gasteiger partial charge in [0.25, 0.3) is 0 Å². The fourth-order valence-electron chi connectivity index (χ4n) is 4.06. The van der Waals surface area contributed by atoms with E-state index >= 15 is 0 Å². The lowest BCUT2D eigenvalue weighted by Crippen LogP contribution is -2.44. The molecule has 2 aliphatic rings. The van der Waals surface area contributed by atoms with Gasteiger partial charge >= 0.3 is 0 Å². The average molecular weight is 348 g/mol. The molecule has 0 radical (unpaired) electrons. The molecule has 5 heteroatoms. The molecule has 134 valence electrons. The Hall–Kier alpha value is -2.42. The topological polar surface area (TPSA) is 61.2 Å². The first-order chi connectivity index (χ1) is 12.7. The van der Waals surface area contributed by atoms with Crippen molar-refractivity contribution < 1.29 is 4.74 Å². The molecule has 2 aliphatic heterocycles. The first-order valence-electron chi connectivity index (χ1n) is 9.28. The van der Waals surface area contributed by atoms with Crippen LogP contribution in [0.15, 0.2) is 48.7 Å². The number of benzene rings is 1. The minimum Gasteiger partial charge on any atom is -0.373 e. The van der Waals surface area contributed by atoms with Gasteiger partial charge in [-0.15, -0.1) is 0 Å². The second-order valence-corrected chi connectivity index (χ2v) is 7.34. The molecular weight excluding hydrogens is 324 g/mol. The molecule has 0 amide bonds. The number of nitrogens with zero attached hydrogens (tertiary/aromatic N) is 3. The number of ether oxygens (including phenoxy) is 1. The average Bonchev–Trinajstić information content (AvgIpc) is 3.07. The van der Waals surface area contributed by atoms with Gasteiger partial charge in [0.2, 0.25) is 0 Å². The molecule has 0 bridgehead atoms. The van der Waals surface area contributed by atoms with Crippen LogP contribution in [0.1, 0.15) is 30.4 Å². The molecule has 2 aromatic rings. The number of nitriles is 1. The summed E-state index contributed by atoms with van der Waals surface area (Å²) in [4.78, 5) is 6.81. The van der Waals surface area contributed by atoms with Gasteiger partial charge in [-0.25, -0.2) is 4.98 Å². The molecule has 1 spiro atoms. The minimum atomic E-state index is 0.0114. The Morgan fingerprint density at radius 2 is 2.12 bits per heavy atom. The highest BCUT2D eigenvalue weighted by Gasteiger charge is 2.42.